The second-order valence-electron chi connectivity index (χ2n) is 6.22. The number of hydrogen-bond acceptors (Lipinski definition) is 5. The van der Waals surface area contributed by atoms with Crippen molar-refractivity contribution in [1.82, 2.24) is 14.4 Å². The van der Waals surface area contributed by atoms with Crippen molar-refractivity contribution in [3.05, 3.63) is 18.6 Å². The monoisotopic (exact) mass is 288 g/mol. The number of nitrogens with one attached hydrogen (secondary N) is 2. The van der Waals surface area contributed by atoms with Gasteiger partial charge in [0.1, 0.15) is 0 Å². The molecule has 2 heterocycles. The lowest BCUT2D eigenvalue weighted by Gasteiger charge is -2.35. The van der Waals surface area contributed by atoms with Crippen LogP contribution in [0.15, 0.2) is 18.6 Å². The maximum atomic E-state index is 5.51. The van der Waals surface area contributed by atoms with Crippen LogP contribution in [0.1, 0.15) is 39.5 Å². The summed E-state index contributed by atoms with van der Waals surface area (Å²) < 4.78 is 1.94. The number of fused-ring (bicyclic) bond motifs is 1. The van der Waals surface area contributed by atoms with Gasteiger partial charge in [-0.2, -0.15) is 0 Å². The molecule has 0 aliphatic heterocycles. The first-order valence-electron chi connectivity index (χ1n) is 7.76. The fourth-order valence-corrected chi connectivity index (χ4v) is 3.41. The SMILES string of the molecule is CC(C)C1CCCCC1Nc1nc(NN)cn2ccnc12. The predicted octanol–water partition coefficient (Wildman–Crippen LogP) is 2.64. The molecule has 0 amide bonds. The number of hydrazine groups is 1. The van der Waals surface area contributed by atoms with E-state index in [4.69, 9.17) is 5.84 Å². The van der Waals surface area contributed by atoms with E-state index < -0.39 is 0 Å². The van der Waals surface area contributed by atoms with Crippen LogP contribution in [0.3, 0.4) is 0 Å². The van der Waals surface area contributed by atoms with Crippen LogP contribution < -0.4 is 16.6 Å². The van der Waals surface area contributed by atoms with Crippen molar-refractivity contribution in [2.24, 2.45) is 17.7 Å². The lowest BCUT2D eigenvalue weighted by Crippen LogP contribution is -2.35. The summed E-state index contributed by atoms with van der Waals surface area (Å²) in [5.74, 6) is 8.33. The molecule has 0 bridgehead atoms. The molecule has 0 saturated heterocycles. The predicted molar refractivity (Wildman–Crippen MR) is 85.0 cm³/mol. The van der Waals surface area contributed by atoms with Crippen LogP contribution >= 0.6 is 0 Å². The van der Waals surface area contributed by atoms with E-state index >= 15 is 0 Å². The normalized spacial score (nSPS) is 22.7. The minimum Gasteiger partial charge on any atom is -0.364 e. The van der Waals surface area contributed by atoms with E-state index in [1.54, 1.807) is 6.20 Å². The topological polar surface area (TPSA) is 80.3 Å². The van der Waals surface area contributed by atoms with Crippen LogP contribution in [0, 0.1) is 11.8 Å². The number of anilines is 2. The van der Waals surface area contributed by atoms with Crippen molar-refractivity contribution in [2.75, 3.05) is 10.7 Å². The summed E-state index contributed by atoms with van der Waals surface area (Å²) in [6.07, 6.45) is 10.6. The second kappa shape index (κ2) is 5.89. The highest BCUT2D eigenvalue weighted by Gasteiger charge is 2.28. The summed E-state index contributed by atoms with van der Waals surface area (Å²) in [5, 5.41) is 3.63. The van der Waals surface area contributed by atoms with Gasteiger partial charge in [-0.15, -0.1) is 0 Å². The summed E-state index contributed by atoms with van der Waals surface area (Å²) in [6, 6.07) is 0.458. The van der Waals surface area contributed by atoms with Gasteiger partial charge in [0, 0.05) is 18.4 Å². The molecule has 2 atom stereocenters. The van der Waals surface area contributed by atoms with Gasteiger partial charge in [-0.3, -0.25) is 0 Å². The third kappa shape index (κ3) is 2.81. The highest BCUT2D eigenvalue weighted by atomic mass is 15.3. The number of rotatable bonds is 4. The Hall–Kier alpha value is -1.82. The first kappa shape index (κ1) is 14.1. The van der Waals surface area contributed by atoms with Crippen molar-refractivity contribution in [1.29, 1.82) is 0 Å². The molecular weight excluding hydrogens is 264 g/mol. The zero-order chi connectivity index (χ0) is 14.8. The minimum atomic E-state index is 0.458. The molecule has 2 aromatic rings. The summed E-state index contributed by atoms with van der Waals surface area (Å²) >= 11 is 0. The quantitative estimate of drug-likeness (QED) is 0.595. The number of nitrogens with zero attached hydrogens (tertiary/aromatic N) is 3. The van der Waals surface area contributed by atoms with E-state index in [0.717, 1.165) is 11.5 Å². The molecule has 1 aliphatic rings. The zero-order valence-corrected chi connectivity index (χ0v) is 12.7. The van der Waals surface area contributed by atoms with Gasteiger partial charge in [0.05, 0.1) is 6.20 Å². The van der Waals surface area contributed by atoms with Crippen LogP contribution in [0.5, 0.6) is 0 Å². The van der Waals surface area contributed by atoms with Gasteiger partial charge in [-0.25, -0.2) is 15.8 Å². The van der Waals surface area contributed by atoms with Gasteiger partial charge in [0.2, 0.25) is 0 Å². The van der Waals surface area contributed by atoms with Crippen LogP contribution in [-0.2, 0) is 0 Å². The number of hydrogen-bond donors (Lipinski definition) is 3. The van der Waals surface area contributed by atoms with Crippen molar-refractivity contribution in [3.63, 3.8) is 0 Å². The van der Waals surface area contributed by atoms with E-state index in [2.05, 4.69) is 34.6 Å². The Kier molecular flexibility index (Phi) is 3.96. The first-order valence-corrected chi connectivity index (χ1v) is 7.76. The molecule has 4 N–H and O–H groups in total. The zero-order valence-electron chi connectivity index (χ0n) is 12.7. The smallest absolute Gasteiger partial charge is 0.180 e. The van der Waals surface area contributed by atoms with E-state index in [0.29, 0.717) is 23.7 Å². The fraction of sp³-hybridized carbons (Fsp3) is 0.600. The molecule has 114 valence electrons. The molecule has 1 saturated carbocycles. The second-order valence-corrected chi connectivity index (χ2v) is 6.22. The van der Waals surface area contributed by atoms with Crippen molar-refractivity contribution >= 4 is 17.3 Å². The molecule has 21 heavy (non-hydrogen) atoms. The molecule has 0 spiro atoms. The van der Waals surface area contributed by atoms with Gasteiger partial charge in [-0.05, 0) is 24.7 Å². The molecule has 1 fully saturated rings. The van der Waals surface area contributed by atoms with Crippen LogP contribution in [0.25, 0.3) is 5.65 Å². The number of nitrogen functional groups attached to an aromatic ring is 1. The Morgan fingerprint density at radius 1 is 1.33 bits per heavy atom. The molecule has 6 heteroatoms. The van der Waals surface area contributed by atoms with Gasteiger partial charge in [0.15, 0.2) is 17.3 Å². The molecule has 1 aliphatic carbocycles. The van der Waals surface area contributed by atoms with E-state index in [1.165, 1.54) is 25.7 Å². The average molecular weight is 288 g/mol. The van der Waals surface area contributed by atoms with Gasteiger partial charge < -0.3 is 15.1 Å². The molecule has 0 aromatic carbocycles. The lowest BCUT2D eigenvalue weighted by molar-refractivity contribution is 0.253. The lowest BCUT2D eigenvalue weighted by atomic mass is 9.78. The van der Waals surface area contributed by atoms with Crippen molar-refractivity contribution in [2.45, 2.75) is 45.6 Å². The molecule has 6 nitrogen and oxygen atoms in total. The van der Waals surface area contributed by atoms with Gasteiger partial charge in [0.25, 0.3) is 0 Å². The van der Waals surface area contributed by atoms with Crippen LogP contribution in [-0.4, -0.2) is 20.4 Å². The summed E-state index contributed by atoms with van der Waals surface area (Å²) in [6.45, 7) is 4.61. The van der Waals surface area contributed by atoms with Crippen molar-refractivity contribution < 1.29 is 0 Å². The number of aromatic nitrogens is 3. The average Bonchev–Trinajstić information content (AvgIpc) is 2.96. The first-order chi connectivity index (χ1) is 10.2. The maximum absolute atomic E-state index is 5.51. The largest absolute Gasteiger partial charge is 0.364 e. The third-order valence-electron chi connectivity index (χ3n) is 4.52. The highest BCUT2D eigenvalue weighted by molar-refractivity contribution is 5.65. The van der Waals surface area contributed by atoms with Crippen LogP contribution in [0.2, 0.25) is 0 Å². The Labute approximate surface area is 125 Å². The van der Waals surface area contributed by atoms with E-state index in [1.807, 2.05) is 16.8 Å². The maximum Gasteiger partial charge on any atom is 0.180 e. The Morgan fingerprint density at radius 2 is 2.14 bits per heavy atom. The Bertz CT molecular complexity index is 605. The molecule has 2 aromatic heterocycles. The Morgan fingerprint density at radius 3 is 2.90 bits per heavy atom. The molecule has 2 unspecified atom stereocenters. The molecule has 0 radical (unpaired) electrons. The Balaban J connectivity index is 1.90. The van der Waals surface area contributed by atoms with E-state index in [9.17, 15) is 0 Å². The number of nitrogens with two attached hydrogens (primary N) is 1. The van der Waals surface area contributed by atoms with Crippen LogP contribution in [0.4, 0.5) is 11.6 Å². The molecule has 3 rings (SSSR count). The van der Waals surface area contributed by atoms with Crippen molar-refractivity contribution in [3.8, 4) is 0 Å². The standard InChI is InChI=1S/C15H24N6/c1-10(2)11-5-3-4-6-12(11)18-14-15-17-7-8-21(15)9-13(19-14)20-16/h7-12,20H,3-6,16H2,1-2H3,(H,18,19). The summed E-state index contributed by atoms with van der Waals surface area (Å²) in [5.41, 5.74) is 3.47. The fourth-order valence-electron chi connectivity index (χ4n) is 3.41. The summed E-state index contributed by atoms with van der Waals surface area (Å²) in [7, 11) is 0. The number of imidazole rings is 1. The van der Waals surface area contributed by atoms with Gasteiger partial charge >= 0.3 is 0 Å². The van der Waals surface area contributed by atoms with E-state index in [-0.39, 0.29) is 0 Å². The van der Waals surface area contributed by atoms with Gasteiger partial charge in [-0.1, -0.05) is 26.7 Å². The minimum absolute atomic E-state index is 0.458. The highest BCUT2D eigenvalue weighted by Crippen LogP contribution is 2.32. The molecular formula is C15H24N6. The third-order valence-corrected chi connectivity index (χ3v) is 4.52. The summed E-state index contributed by atoms with van der Waals surface area (Å²) in [4.78, 5) is 8.95.